The first kappa shape index (κ1) is 11.6. The van der Waals surface area contributed by atoms with E-state index in [9.17, 15) is 13.2 Å². The average Bonchev–Trinajstić information content (AvgIpc) is 2.32. The van der Waals surface area contributed by atoms with E-state index in [4.69, 9.17) is 0 Å². The van der Waals surface area contributed by atoms with Gasteiger partial charge in [0.15, 0.2) is 0 Å². The molecule has 2 aromatic rings. The third-order valence-corrected chi connectivity index (χ3v) is 2.89. The van der Waals surface area contributed by atoms with Crippen LogP contribution in [-0.4, -0.2) is 23.0 Å². The molecule has 0 spiro atoms. The second-order valence-electron chi connectivity index (χ2n) is 3.55. The molecule has 17 heavy (non-hydrogen) atoms. The van der Waals surface area contributed by atoms with Crippen LogP contribution in [0.3, 0.4) is 0 Å². The van der Waals surface area contributed by atoms with E-state index in [1.165, 1.54) is 16.8 Å². The van der Waals surface area contributed by atoms with E-state index in [-0.39, 0.29) is 10.3 Å². The summed E-state index contributed by atoms with van der Waals surface area (Å²) in [7, 11) is -2.44. The monoisotopic (exact) mass is 253 g/mol. The fraction of sp³-hybridized carbons (Fsp3) is 0.300. The van der Waals surface area contributed by atoms with Crippen molar-refractivity contribution in [3.63, 3.8) is 0 Å². The van der Waals surface area contributed by atoms with Crippen molar-refractivity contribution in [1.29, 1.82) is 0 Å². The van der Waals surface area contributed by atoms with E-state index < -0.39 is 10.3 Å². The highest BCUT2D eigenvalue weighted by Crippen LogP contribution is 2.06. The Labute approximate surface area is 98.1 Å². The number of fused-ring (bicyclic) bond motifs is 1. The van der Waals surface area contributed by atoms with E-state index in [1.807, 2.05) is 6.92 Å². The van der Waals surface area contributed by atoms with Crippen LogP contribution in [0.2, 0.25) is 0 Å². The van der Waals surface area contributed by atoms with Crippen molar-refractivity contribution in [1.82, 2.24) is 14.5 Å². The van der Waals surface area contributed by atoms with Gasteiger partial charge in [0.1, 0.15) is 5.65 Å². The fourth-order valence-corrected chi connectivity index (χ4v) is 1.95. The highest BCUT2D eigenvalue weighted by Gasteiger charge is 2.03. The van der Waals surface area contributed by atoms with Gasteiger partial charge in [-0.1, -0.05) is 6.92 Å². The second-order valence-corrected chi connectivity index (χ2v) is 4.41. The van der Waals surface area contributed by atoms with Crippen molar-refractivity contribution in [3.8, 4) is 0 Å². The fourth-order valence-electron chi connectivity index (χ4n) is 1.63. The zero-order valence-electron chi connectivity index (χ0n) is 9.17. The summed E-state index contributed by atoms with van der Waals surface area (Å²) in [6, 6.07) is 3.06. The minimum atomic E-state index is -2.44. The van der Waals surface area contributed by atoms with Gasteiger partial charge in [0, 0.05) is 24.2 Å². The van der Waals surface area contributed by atoms with Gasteiger partial charge in [0.05, 0.1) is 0 Å². The summed E-state index contributed by atoms with van der Waals surface area (Å²) >= 11 is 0. The van der Waals surface area contributed by atoms with Gasteiger partial charge >= 0.3 is 0 Å². The molecule has 0 fully saturated rings. The summed E-state index contributed by atoms with van der Waals surface area (Å²) in [5.41, 5.74) is 0.318. The number of H-pyrrole nitrogens is 1. The number of nitrogens with one attached hydrogen (secondary N) is 1. The molecule has 0 saturated carbocycles. The number of aromatic amines is 1. The Kier molecular flexibility index (Phi) is 3.10. The molecule has 2 heterocycles. The molecule has 0 aliphatic heterocycles. The molecule has 0 bridgehead atoms. The number of aromatic nitrogens is 3. The number of hydrogen-bond acceptors (Lipinski definition) is 4. The van der Waals surface area contributed by atoms with Crippen LogP contribution in [0.1, 0.15) is 13.3 Å². The van der Waals surface area contributed by atoms with Crippen molar-refractivity contribution >= 4 is 21.3 Å². The topological polar surface area (TPSA) is 84.8 Å². The maximum Gasteiger partial charge on any atom is 0.258 e. The molecule has 0 aromatic carbocycles. The Morgan fingerprint density at radius 1 is 1.41 bits per heavy atom. The van der Waals surface area contributed by atoms with Crippen molar-refractivity contribution < 1.29 is 8.42 Å². The van der Waals surface area contributed by atoms with Gasteiger partial charge in [0.25, 0.3) is 20.6 Å². The molecule has 1 N–H and O–H groups in total. The summed E-state index contributed by atoms with van der Waals surface area (Å²) in [5.74, 6) is 0. The standard InChI is InChI=1S/C10H11N3O3S/c1-2-5-13-8(14)4-3-7-6-11-10(17(15)16)12-9(7)13/h3-4,6,12H,2,5H2,1H3. The van der Waals surface area contributed by atoms with Gasteiger partial charge in [-0.15, -0.1) is 0 Å². The highest BCUT2D eigenvalue weighted by atomic mass is 32.2. The molecular weight excluding hydrogens is 242 g/mol. The summed E-state index contributed by atoms with van der Waals surface area (Å²) in [4.78, 5) is 18.1. The molecule has 0 aliphatic rings. The Morgan fingerprint density at radius 3 is 2.82 bits per heavy atom. The Bertz CT molecular complexity index is 778. The van der Waals surface area contributed by atoms with E-state index in [0.29, 0.717) is 17.6 Å². The number of rotatable bonds is 2. The van der Waals surface area contributed by atoms with Gasteiger partial charge in [-0.3, -0.25) is 9.36 Å². The maximum atomic E-state index is 11.7. The predicted octanol–water partition coefficient (Wildman–Crippen LogP) is 0.546. The molecule has 0 saturated heterocycles. The van der Waals surface area contributed by atoms with Gasteiger partial charge in [-0.05, 0) is 12.5 Å². The molecule has 0 radical (unpaired) electrons. The van der Waals surface area contributed by atoms with Crippen LogP contribution in [0.5, 0.6) is 0 Å². The van der Waals surface area contributed by atoms with Gasteiger partial charge in [-0.2, -0.15) is 8.42 Å². The maximum absolute atomic E-state index is 11.7. The lowest BCUT2D eigenvalue weighted by Crippen LogP contribution is -2.20. The lowest BCUT2D eigenvalue weighted by molar-refractivity contribution is 0.622. The molecule has 2 aromatic heterocycles. The van der Waals surface area contributed by atoms with Crippen LogP contribution >= 0.6 is 0 Å². The van der Waals surface area contributed by atoms with Crippen molar-refractivity contribution in [2.24, 2.45) is 0 Å². The molecule has 6 nitrogen and oxygen atoms in total. The molecular formula is C10H11N3O3S. The van der Waals surface area contributed by atoms with Crippen molar-refractivity contribution in [3.05, 3.63) is 33.5 Å². The van der Waals surface area contributed by atoms with Crippen LogP contribution in [0, 0.1) is 4.77 Å². The van der Waals surface area contributed by atoms with Crippen LogP contribution < -0.4 is 5.56 Å². The van der Waals surface area contributed by atoms with Gasteiger partial charge in [-0.25, -0.2) is 4.98 Å². The van der Waals surface area contributed by atoms with E-state index in [0.717, 1.165) is 6.42 Å². The number of hydrogen-bond donors (Lipinski definition) is 1. The number of pyridine rings is 1. The third-order valence-electron chi connectivity index (χ3n) is 2.37. The van der Waals surface area contributed by atoms with Crippen LogP contribution in [-0.2, 0) is 16.8 Å². The molecule has 7 heteroatoms. The average molecular weight is 253 g/mol. The summed E-state index contributed by atoms with van der Waals surface area (Å²) in [5, 5.41) is 0.701. The first-order valence-electron chi connectivity index (χ1n) is 5.14. The minimum absolute atomic E-state index is 0.163. The van der Waals surface area contributed by atoms with Gasteiger partial charge in [0.2, 0.25) is 0 Å². The molecule has 0 aliphatic carbocycles. The van der Waals surface area contributed by atoms with Crippen LogP contribution in [0.15, 0.2) is 23.1 Å². The van der Waals surface area contributed by atoms with Crippen LogP contribution in [0.4, 0.5) is 0 Å². The predicted molar refractivity (Wildman–Crippen MR) is 62.8 cm³/mol. The first-order chi connectivity index (χ1) is 8.13. The van der Waals surface area contributed by atoms with Crippen molar-refractivity contribution in [2.45, 2.75) is 19.9 Å². The molecule has 90 valence electrons. The smallest absolute Gasteiger partial charge is 0.258 e. The van der Waals surface area contributed by atoms with E-state index in [1.54, 1.807) is 6.07 Å². The Balaban J connectivity index is 2.96. The summed E-state index contributed by atoms with van der Waals surface area (Å²) in [6.45, 7) is 2.47. The number of aryl methyl sites for hydroxylation is 1. The van der Waals surface area contributed by atoms with E-state index in [2.05, 4.69) is 9.97 Å². The third kappa shape index (κ3) is 2.14. The lowest BCUT2D eigenvalue weighted by Gasteiger charge is -2.07. The molecule has 2 rings (SSSR count). The molecule has 0 unspecified atom stereocenters. The Morgan fingerprint density at radius 2 is 2.18 bits per heavy atom. The van der Waals surface area contributed by atoms with Crippen molar-refractivity contribution in [2.75, 3.05) is 0 Å². The SMILES string of the molecule is CCCn1c(=O)ccc2cnc(=S(=O)=O)[nH]c21. The molecule has 0 amide bonds. The Hall–Kier alpha value is -1.89. The normalized spacial score (nSPS) is 10.6. The number of nitrogens with zero attached hydrogens (tertiary/aromatic N) is 2. The van der Waals surface area contributed by atoms with E-state index >= 15 is 0 Å². The zero-order chi connectivity index (χ0) is 12.4. The first-order valence-corrected chi connectivity index (χ1v) is 6.22. The zero-order valence-corrected chi connectivity index (χ0v) is 9.99. The summed E-state index contributed by atoms with van der Waals surface area (Å²) < 4.78 is 23.0. The minimum Gasteiger partial charge on any atom is -0.313 e. The second kappa shape index (κ2) is 4.54. The highest BCUT2D eigenvalue weighted by molar-refractivity contribution is 7.63. The lowest BCUT2D eigenvalue weighted by atomic mass is 10.3. The largest absolute Gasteiger partial charge is 0.313 e. The van der Waals surface area contributed by atoms with Gasteiger partial charge < -0.3 is 4.98 Å². The van der Waals surface area contributed by atoms with Crippen LogP contribution in [0.25, 0.3) is 11.0 Å². The quantitative estimate of drug-likeness (QED) is 0.792. The molecule has 0 atom stereocenters. The summed E-state index contributed by atoms with van der Waals surface area (Å²) in [6.07, 6.45) is 2.22.